The van der Waals surface area contributed by atoms with Crippen molar-refractivity contribution in [2.45, 2.75) is 57.7 Å². The van der Waals surface area contributed by atoms with E-state index in [1.54, 1.807) is 0 Å². The van der Waals surface area contributed by atoms with Crippen molar-refractivity contribution in [3.8, 4) is 0 Å². The second kappa shape index (κ2) is 3.23. The first-order valence-electron chi connectivity index (χ1n) is 5.54. The number of hydrogen-bond acceptors (Lipinski definition) is 2. The molecular formula is C11H20N2O. The standard InChI is InChI=1S/C11H20N2O/c1-11(2,3)13-10(14)8-6-7-4-5-9(8)12-7/h7-9,12H,4-6H2,1-3H3,(H,13,14). The molecule has 0 aromatic rings. The number of nitrogens with one attached hydrogen (secondary N) is 2. The topological polar surface area (TPSA) is 41.1 Å². The van der Waals surface area contributed by atoms with Crippen molar-refractivity contribution in [3.05, 3.63) is 0 Å². The van der Waals surface area contributed by atoms with Gasteiger partial charge < -0.3 is 10.6 Å². The van der Waals surface area contributed by atoms with Crippen LogP contribution in [0.3, 0.4) is 0 Å². The minimum atomic E-state index is -0.0983. The van der Waals surface area contributed by atoms with Crippen LogP contribution in [0.5, 0.6) is 0 Å². The lowest BCUT2D eigenvalue weighted by Gasteiger charge is -2.26. The Morgan fingerprint density at radius 2 is 2.07 bits per heavy atom. The molecule has 1 amide bonds. The average molecular weight is 196 g/mol. The fourth-order valence-corrected chi connectivity index (χ4v) is 2.58. The van der Waals surface area contributed by atoms with Gasteiger partial charge in [0.05, 0.1) is 5.92 Å². The zero-order chi connectivity index (χ0) is 10.3. The van der Waals surface area contributed by atoms with Gasteiger partial charge in [0.1, 0.15) is 0 Å². The van der Waals surface area contributed by atoms with Gasteiger partial charge in [-0.25, -0.2) is 0 Å². The molecule has 0 aliphatic carbocycles. The zero-order valence-electron chi connectivity index (χ0n) is 9.26. The minimum Gasteiger partial charge on any atom is -0.351 e. The van der Waals surface area contributed by atoms with Crippen LogP contribution < -0.4 is 10.6 Å². The van der Waals surface area contributed by atoms with E-state index in [0.29, 0.717) is 12.1 Å². The van der Waals surface area contributed by atoms with Gasteiger partial charge in [0, 0.05) is 17.6 Å². The van der Waals surface area contributed by atoms with Gasteiger partial charge in [-0.2, -0.15) is 0 Å². The third kappa shape index (κ3) is 1.92. The van der Waals surface area contributed by atoms with Crippen molar-refractivity contribution >= 4 is 5.91 Å². The summed E-state index contributed by atoms with van der Waals surface area (Å²) in [5.41, 5.74) is -0.0983. The van der Waals surface area contributed by atoms with E-state index in [-0.39, 0.29) is 17.4 Å². The highest BCUT2D eigenvalue weighted by atomic mass is 16.2. The van der Waals surface area contributed by atoms with E-state index in [0.717, 1.165) is 6.42 Å². The van der Waals surface area contributed by atoms with Crippen LogP contribution in [0, 0.1) is 5.92 Å². The summed E-state index contributed by atoms with van der Waals surface area (Å²) < 4.78 is 0. The van der Waals surface area contributed by atoms with Crippen LogP contribution in [0.1, 0.15) is 40.0 Å². The summed E-state index contributed by atoms with van der Waals surface area (Å²) in [5, 5.41) is 6.55. The average Bonchev–Trinajstić information content (AvgIpc) is 2.59. The molecule has 3 atom stereocenters. The normalized spacial score (nSPS) is 36.1. The summed E-state index contributed by atoms with van der Waals surface area (Å²) in [4.78, 5) is 11.9. The first-order valence-corrected chi connectivity index (χ1v) is 5.54. The summed E-state index contributed by atoms with van der Waals surface area (Å²) in [7, 11) is 0. The Hall–Kier alpha value is -0.570. The molecule has 3 unspecified atom stereocenters. The molecule has 2 saturated heterocycles. The maximum Gasteiger partial charge on any atom is 0.225 e. The Morgan fingerprint density at radius 1 is 1.36 bits per heavy atom. The van der Waals surface area contributed by atoms with Crippen LogP contribution in [-0.2, 0) is 4.79 Å². The third-order valence-electron chi connectivity index (χ3n) is 3.14. The van der Waals surface area contributed by atoms with Crippen LogP contribution in [0.4, 0.5) is 0 Å². The van der Waals surface area contributed by atoms with E-state index >= 15 is 0 Å². The molecule has 2 heterocycles. The fourth-order valence-electron chi connectivity index (χ4n) is 2.58. The van der Waals surface area contributed by atoms with Crippen LogP contribution in [0.2, 0.25) is 0 Å². The largest absolute Gasteiger partial charge is 0.351 e. The lowest BCUT2D eigenvalue weighted by Crippen LogP contribution is -2.46. The van der Waals surface area contributed by atoms with Crippen LogP contribution in [0.25, 0.3) is 0 Å². The molecule has 3 nitrogen and oxygen atoms in total. The van der Waals surface area contributed by atoms with Gasteiger partial charge in [0.2, 0.25) is 5.91 Å². The molecule has 2 aliphatic rings. The van der Waals surface area contributed by atoms with Crippen molar-refractivity contribution in [3.63, 3.8) is 0 Å². The Kier molecular flexibility index (Phi) is 2.30. The molecular weight excluding hydrogens is 176 g/mol. The molecule has 2 bridgehead atoms. The SMILES string of the molecule is CC(C)(C)NC(=O)C1CC2CCC1N2. The molecule has 0 saturated carbocycles. The molecule has 0 spiro atoms. The maximum atomic E-state index is 11.9. The van der Waals surface area contributed by atoms with Crippen molar-refractivity contribution in [1.29, 1.82) is 0 Å². The van der Waals surface area contributed by atoms with Gasteiger partial charge in [0.15, 0.2) is 0 Å². The fraction of sp³-hybridized carbons (Fsp3) is 0.909. The van der Waals surface area contributed by atoms with Gasteiger partial charge >= 0.3 is 0 Å². The zero-order valence-corrected chi connectivity index (χ0v) is 9.26. The Balaban J connectivity index is 1.93. The first kappa shape index (κ1) is 9.97. The summed E-state index contributed by atoms with van der Waals surface area (Å²) >= 11 is 0. The van der Waals surface area contributed by atoms with Gasteiger partial charge in [-0.05, 0) is 40.0 Å². The van der Waals surface area contributed by atoms with Gasteiger partial charge in [-0.1, -0.05) is 0 Å². The second-order valence-corrected chi connectivity index (χ2v) is 5.63. The predicted octanol–water partition coefficient (Wildman–Crippen LogP) is 1.04. The summed E-state index contributed by atoms with van der Waals surface area (Å²) in [5.74, 6) is 0.449. The molecule has 2 rings (SSSR count). The number of carbonyl (C=O) groups excluding carboxylic acids is 1. The summed E-state index contributed by atoms with van der Waals surface area (Å²) in [6, 6.07) is 1.05. The lowest BCUT2D eigenvalue weighted by molar-refractivity contribution is -0.127. The van der Waals surface area contributed by atoms with Crippen LogP contribution in [0.15, 0.2) is 0 Å². The lowest BCUT2D eigenvalue weighted by atomic mass is 9.88. The van der Waals surface area contributed by atoms with E-state index < -0.39 is 0 Å². The molecule has 0 aromatic heterocycles. The van der Waals surface area contributed by atoms with E-state index in [9.17, 15) is 4.79 Å². The molecule has 14 heavy (non-hydrogen) atoms. The molecule has 3 heteroatoms. The van der Waals surface area contributed by atoms with E-state index in [1.165, 1.54) is 12.8 Å². The van der Waals surface area contributed by atoms with E-state index in [2.05, 4.69) is 10.6 Å². The Morgan fingerprint density at radius 3 is 2.50 bits per heavy atom. The second-order valence-electron chi connectivity index (χ2n) is 5.63. The van der Waals surface area contributed by atoms with Crippen molar-refractivity contribution < 1.29 is 4.79 Å². The Labute approximate surface area is 85.6 Å². The van der Waals surface area contributed by atoms with Crippen LogP contribution in [-0.4, -0.2) is 23.5 Å². The monoisotopic (exact) mass is 196 g/mol. The smallest absolute Gasteiger partial charge is 0.225 e. The highest BCUT2D eigenvalue weighted by Crippen LogP contribution is 2.33. The van der Waals surface area contributed by atoms with Gasteiger partial charge in [-0.3, -0.25) is 4.79 Å². The number of fused-ring (bicyclic) bond motifs is 2. The van der Waals surface area contributed by atoms with Crippen molar-refractivity contribution in [1.82, 2.24) is 10.6 Å². The number of carbonyl (C=O) groups is 1. The highest BCUT2D eigenvalue weighted by Gasteiger charge is 2.43. The highest BCUT2D eigenvalue weighted by molar-refractivity contribution is 5.80. The predicted molar refractivity (Wildman–Crippen MR) is 55.9 cm³/mol. The molecule has 0 radical (unpaired) electrons. The Bertz CT molecular complexity index is 244. The molecule has 2 aliphatic heterocycles. The van der Waals surface area contributed by atoms with Gasteiger partial charge in [0.25, 0.3) is 0 Å². The summed E-state index contributed by atoms with van der Waals surface area (Å²) in [6.07, 6.45) is 3.46. The van der Waals surface area contributed by atoms with Crippen molar-refractivity contribution in [2.24, 2.45) is 5.92 Å². The quantitative estimate of drug-likeness (QED) is 0.658. The molecule has 2 N–H and O–H groups in total. The third-order valence-corrected chi connectivity index (χ3v) is 3.14. The minimum absolute atomic E-state index is 0.0983. The van der Waals surface area contributed by atoms with E-state index in [1.807, 2.05) is 20.8 Å². The molecule has 2 fully saturated rings. The number of hydrogen-bond donors (Lipinski definition) is 2. The maximum absolute atomic E-state index is 11.9. The number of rotatable bonds is 1. The van der Waals surface area contributed by atoms with E-state index in [4.69, 9.17) is 0 Å². The molecule has 0 aromatic carbocycles. The summed E-state index contributed by atoms with van der Waals surface area (Å²) in [6.45, 7) is 6.10. The van der Waals surface area contributed by atoms with Crippen LogP contribution >= 0.6 is 0 Å². The molecule has 80 valence electrons. The van der Waals surface area contributed by atoms with Crippen molar-refractivity contribution in [2.75, 3.05) is 0 Å². The number of amides is 1. The first-order chi connectivity index (χ1) is 6.46. The van der Waals surface area contributed by atoms with Gasteiger partial charge in [-0.15, -0.1) is 0 Å².